The fourth-order valence-electron chi connectivity index (χ4n) is 6.85. The zero-order chi connectivity index (χ0) is 42.5. The maximum atomic E-state index is 5.11. The Morgan fingerprint density at radius 1 is 0.271 bits per heavy atom. The van der Waals surface area contributed by atoms with Crippen molar-refractivity contribution >= 4 is 15.9 Å². The predicted octanol–water partition coefficient (Wildman–Crippen LogP) is 14.0. The molecule has 0 aliphatic carbocycles. The van der Waals surface area contributed by atoms with E-state index in [-0.39, 0.29) is 21.7 Å². The first-order valence-electron chi connectivity index (χ1n) is 20.4. The summed E-state index contributed by atoms with van der Waals surface area (Å²) in [6.45, 7) is 26.6. The number of aromatic nitrogens is 6. The van der Waals surface area contributed by atoms with Gasteiger partial charge in [-0.1, -0.05) is 196 Å². The first-order chi connectivity index (χ1) is 27.6. The van der Waals surface area contributed by atoms with Crippen LogP contribution in [0.3, 0.4) is 0 Å². The Bertz CT molecular complexity index is 2270. The molecule has 0 saturated heterocycles. The highest BCUT2D eigenvalue weighted by Gasteiger charge is 2.21. The van der Waals surface area contributed by atoms with Crippen molar-refractivity contribution < 1.29 is 0 Å². The molecule has 0 N–H and O–H groups in total. The van der Waals surface area contributed by atoms with Crippen LogP contribution < -0.4 is 0 Å². The Morgan fingerprint density at radius 2 is 0.458 bits per heavy atom. The van der Waals surface area contributed by atoms with E-state index in [9.17, 15) is 0 Å². The van der Waals surface area contributed by atoms with Gasteiger partial charge in [-0.05, 0) is 62.1 Å². The van der Waals surface area contributed by atoms with Crippen molar-refractivity contribution in [1.82, 2.24) is 29.9 Å². The minimum absolute atomic E-state index is 0.0238. The lowest BCUT2D eigenvalue weighted by Gasteiger charge is -2.19. The maximum absolute atomic E-state index is 5.11. The Morgan fingerprint density at radius 3 is 0.644 bits per heavy atom. The Hall–Kier alpha value is -5.40. The van der Waals surface area contributed by atoms with Gasteiger partial charge in [0.25, 0.3) is 0 Å². The van der Waals surface area contributed by atoms with Crippen LogP contribution in [0.2, 0.25) is 0 Å². The second-order valence-corrected chi connectivity index (χ2v) is 20.6. The van der Waals surface area contributed by atoms with Crippen LogP contribution in [0.15, 0.2) is 120 Å². The number of benzene rings is 5. The van der Waals surface area contributed by atoms with E-state index in [1.54, 1.807) is 0 Å². The zero-order valence-corrected chi connectivity index (χ0v) is 38.1. The number of halogens is 1. The third kappa shape index (κ3) is 9.57. The van der Waals surface area contributed by atoms with Gasteiger partial charge in [-0.3, -0.25) is 0 Å². The monoisotopic (exact) mass is 842 g/mol. The summed E-state index contributed by atoms with van der Waals surface area (Å²) in [5, 5.41) is 0. The van der Waals surface area contributed by atoms with Crippen LogP contribution in [-0.2, 0) is 21.7 Å². The summed E-state index contributed by atoms with van der Waals surface area (Å²) < 4.78 is 0.852. The van der Waals surface area contributed by atoms with Crippen molar-refractivity contribution in [3.8, 4) is 68.3 Å². The van der Waals surface area contributed by atoms with E-state index in [4.69, 9.17) is 29.9 Å². The van der Waals surface area contributed by atoms with Crippen LogP contribution >= 0.6 is 15.9 Å². The lowest BCUT2D eigenvalue weighted by atomic mass is 9.86. The van der Waals surface area contributed by atoms with Crippen molar-refractivity contribution in [3.63, 3.8) is 0 Å². The van der Waals surface area contributed by atoms with E-state index < -0.39 is 0 Å². The van der Waals surface area contributed by atoms with Gasteiger partial charge in [-0.15, -0.1) is 0 Å². The van der Waals surface area contributed by atoms with Crippen molar-refractivity contribution in [3.05, 3.63) is 142 Å². The summed E-state index contributed by atoms with van der Waals surface area (Å²) in [4.78, 5) is 30.6. The minimum Gasteiger partial charge on any atom is -0.208 e. The molecule has 0 amide bonds. The summed E-state index contributed by atoms with van der Waals surface area (Å²) >= 11 is 3.82. The second kappa shape index (κ2) is 15.6. The van der Waals surface area contributed by atoms with Crippen LogP contribution in [-0.4, -0.2) is 29.9 Å². The van der Waals surface area contributed by atoms with Gasteiger partial charge >= 0.3 is 0 Å². The Balaban J connectivity index is 1.38. The standard InChI is InChI=1S/C52H55BrN6/c1-49(2,3)38-21-13-32(14-22-38)43-54-44(33-15-23-39(24-16-33)50(4,5)6)57-47(56-43)36-29-37(31-42(53)30-36)48-58-45(34-17-25-40(26-18-34)51(7,8)9)55-46(59-48)35-19-27-41(28-20-35)52(10,11)12/h13-31H,1-12H3. The van der Waals surface area contributed by atoms with Gasteiger partial charge in [0.05, 0.1) is 0 Å². The second-order valence-electron chi connectivity index (χ2n) is 19.7. The topological polar surface area (TPSA) is 77.3 Å². The normalized spacial score (nSPS) is 12.5. The Labute approximate surface area is 359 Å². The summed E-state index contributed by atoms with van der Waals surface area (Å²) in [6.07, 6.45) is 0. The van der Waals surface area contributed by atoms with Crippen molar-refractivity contribution in [2.45, 2.75) is 105 Å². The molecule has 6 nitrogen and oxygen atoms in total. The van der Waals surface area contributed by atoms with Crippen LogP contribution in [0.25, 0.3) is 68.3 Å². The third-order valence-corrected chi connectivity index (χ3v) is 11.2. The maximum Gasteiger partial charge on any atom is 0.164 e. The molecule has 0 bridgehead atoms. The smallest absolute Gasteiger partial charge is 0.164 e. The molecule has 5 aromatic carbocycles. The van der Waals surface area contributed by atoms with E-state index in [1.165, 1.54) is 22.3 Å². The molecule has 0 spiro atoms. The summed E-state index contributed by atoms with van der Waals surface area (Å²) in [5.74, 6) is 3.53. The van der Waals surface area contributed by atoms with Crippen LogP contribution in [0.1, 0.15) is 105 Å². The molecule has 2 heterocycles. The van der Waals surface area contributed by atoms with Gasteiger partial charge in [-0.2, -0.15) is 0 Å². The van der Waals surface area contributed by atoms with Crippen molar-refractivity contribution in [2.24, 2.45) is 0 Å². The molecule has 2 aromatic heterocycles. The molecule has 0 atom stereocenters. The highest BCUT2D eigenvalue weighted by Crippen LogP contribution is 2.34. The molecule has 7 heteroatoms. The van der Waals surface area contributed by atoms with Crippen LogP contribution in [0.5, 0.6) is 0 Å². The fourth-order valence-corrected chi connectivity index (χ4v) is 7.34. The quantitative estimate of drug-likeness (QED) is 0.166. The average molecular weight is 844 g/mol. The lowest BCUT2D eigenvalue weighted by Crippen LogP contribution is -2.11. The molecule has 7 aromatic rings. The number of hydrogen-bond acceptors (Lipinski definition) is 6. The zero-order valence-electron chi connectivity index (χ0n) is 36.5. The number of hydrogen-bond donors (Lipinski definition) is 0. The van der Waals surface area contributed by atoms with Gasteiger partial charge < -0.3 is 0 Å². The fraction of sp³-hybridized carbons (Fsp3) is 0.308. The van der Waals surface area contributed by atoms with E-state index in [2.05, 4.69) is 202 Å². The van der Waals surface area contributed by atoms with Gasteiger partial charge in [0, 0.05) is 37.9 Å². The molecule has 59 heavy (non-hydrogen) atoms. The first-order valence-corrected chi connectivity index (χ1v) is 21.2. The van der Waals surface area contributed by atoms with Gasteiger partial charge in [-0.25, -0.2) is 29.9 Å². The largest absolute Gasteiger partial charge is 0.208 e. The first kappa shape index (κ1) is 41.7. The SMILES string of the molecule is CC(C)(C)c1ccc(-c2nc(-c3ccc(C(C)(C)C)cc3)nc(-c3cc(Br)cc(-c4nc(-c5ccc(C(C)(C)C)cc5)nc(-c5ccc(C(C)(C)C)cc5)n4)c3)n2)cc1. The molecule has 0 aliphatic rings. The van der Waals surface area contributed by atoms with E-state index in [1.807, 2.05) is 12.1 Å². The van der Waals surface area contributed by atoms with Crippen molar-refractivity contribution in [1.29, 1.82) is 0 Å². The molecule has 0 radical (unpaired) electrons. The highest BCUT2D eigenvalue weighted by atomic mass is 79.9. The van der Waals surface area contributed by atoms with Gasteiger partial charge in [0.2, 0.25) is 0 Å². The molecule has 0 saturated carbocycles. The summed E-state index contributed by atoms with van der Waals surface area (Å²) in [7, 11) is 0. The van der Waals surface area contributed by atoms with Crippen molar-refractivity contribution in [2.75, 3.05) is 0 Å². The van der Waals surface area contributed by atoms with E-state index >= 15 is 0 Å². The molecule has 300 valence electrons. The van der Waals surface area contributed by atoms with Crippen LogP contribution in [0, 0.1) is 0 Å². The molecule has 0 aliphatic heterocycles. The molecule has 0 unspecified atom stereocenters. The minimum atomic E-state index is 0.0238. The molecule has 7 rings (SSSR count). The van der Waals surface area contributed by atoms with E-state index in [0.717, 1.165) is 37.9 Å². The Kier molecular flexibility index (Phi) is 11.1. The van der Waals surface area contributed by atoms with Crippen LogP contribution in [0.4, 0.5) is 0 Å². The summed E-state index contributed by atoms with van der Waals surface area (Å²) in [5.41, 5.74) is 10.4. The van der Waals surface area contributed by atoms with Gasteiger partial charge in [0.1, 0.15) is 0 Å². The summed E-state index contributed by atoms with van der Waals surface area (Å²) in [6, 6.07) is 40.3. The molecular weight excluding hydrogens is 789 g/mol. The predicted molar refractivity (Wildman–Crippen MR) is 248 cm³/mol. The number of nitrogens with zero attached hydrogens (tertiary/aromatic N) is 6. The molecule has 0 fully saturated rings. The lowest BCUT2D eigenvalue weighted by molar-refractivity contribution is 0.590. The van der Waals surface area contributed by atoms with E-state index in [0.29, 0.717) is 34.9 Å². The number of rotatable bonds is 6. The highest BCUT2D eigenvalue weighted by molar-refractivity contribution is 9.10. The van der Waals surface area contributed by atoms with Gasteiger partial charge in [0.15, 0.2) is 34.9 Å². The average Bonchev–Trinajstić information content (AvgIpc) is 3.19. The third-order valence-electron chi connectivity index (χ3n) is 10.7. The molecular formula is C52H55BrN6.